The summed E-state index contributed by atoms with van der Waals surface area (Å²) in [7, 11) is 0. The highest BCUT2D eigenvalue weighted by atomic mass is 35.5. The first-order chi connectivity index (χ1) is 6.91. The van der Waals surface area contributed by atoms with Crippen molar-refractivity contribution in [1.82, 2.24) is 4.98 Å². The lowest BCUT2D eigenvalue weighted by Crippen LogP contribution is -2.12. The van der Waals surface area contributed by atoms with Crippen molar-refractivity contribution in [3.63, 3.8) is 0 Å². The molecule has 4 nitrogen and oxygen atoms in total. The van der Waals surface area contributed by atoms with Crippen LogP contribution in [0.3, 0.4) is 0 Å². The molecule has 1 rings (SSSR count). The van der Waals surface area contributed by atoms with Crippen molar-refractivity contribution in [2.45, 2.75) is 12.8 Å². The molecule has 15 heavy (non-hydrogen) atoms. The van der Waals surface area contributed by atoms with Gasteiger partial charge in [0.05, 0.1) is 6.42 Å². The Kier molecular flexibility index (Phi) is 3.41. The fourth-order valence-corrected chi connectivity index (χ4v) is 1.21. The van der Waals surface area contributed by atoms with E-state index in [0.717, 1.165) is 6.07 Å². The van der Waals surface area contributed by atoms with Crippen molar-refractivity contribution < 1.29 is 18.7 Å². The lowest BCUT2D eigenvalue weighted by molar-refractivity contribution is -0.136. The van der Waals surface area contributed by atoms with Gasteiger partial charge in [-0.25, -0.2) is 8.78 Å². The van der Waals surface area contributed by atoms with Gasteiger partial charge < -0.3 is 10.1 Å². The van der Waals surface area contributed by atoms with Crippen molar-refractivity contribution in [1.29, 1.82) is 0 Å². The largest absolute Gasteiger partial charge is 0.481 e. The van der Waals surface area contributed by atoms with E-state index >= 15 is 0 Å². The van der Waals surface area contributed by atoms with Crippen LogP contribution in [0.5, 0.6) is 0 Å². The molecule has 0 bridgehead atoms. The molecule has 0 saturated heterocycles. The zero-order valence-electron chi connectivity index (χ0n) is 7.26. The average molecular weight is 238 g/mol. The lowest BCUT2D eigenvalue weighted by Gasteiger charge is -2.05. The SMILES string of the molecule is O=C(O)Cc1cc(=O)c(Cl)c(C(F)F)[nH]1. The molecule has 0 spiro atoms. The summed E-state index contributed by atoms with van der Waals surface area (Å²) in [5.41, 5.74) is -1.67. The third-order valence-corrected chi connectivity index (χ3v) is 2.00. The van der Waals surface area contributed by atoms with Crippen LogP contribution in [0.15, 0.2) is 10.9 Å². The molecule has 0 radical (unpaired) electrons. The van der Waals surface area contributed by atoms with E-state index in [1.807, 2.05) is 0 Å². The molecule has 1 aromatic heterocycles. The highest BCUT2D eigenvalue weighted by Gasteiger charge is 2.17. The maximum atomic E-state index is 12.3. The van der Waals surface area contributed by atoms with E-state index in [-0.39, 0.29) is 5.69 Å². The van der Waals surface area contributed by atoms with Gasteiger partial charge in [-0.2, -0.15) is 0 Å². The van der Waals surface area contributed by atoms with Crippen molar-refractivity contribution >= 4 is 17.6 Å². The van der Waals surface area contributed by atoms with Gasteiger partial charge in [0.2, 0.25) is 5.43 Å². The summed E-state index contributed by atoms with van der Waals surface area (Å²) >= 11 is 5.33. The fraction of sp³-hybridized carbons (Fsp3) is 0.250. The number of alkyl halides is 2. The number of aliphatic carboxylic acids is 1. The second kappa shape index (κ2) is 4.39. The Morgan fingerprint density at radius 2 is 2.20 bits per heavy atom. The number of aromatic amines is 1. The fourth-order valence-electron chi connectivity index (χ4n) is 1.03. The summed E-state index contributed by atoms with van der Waals surface area (Å²) in [4.78, 5) is 23.5. The van der Waals surface area contributed by atoms with Crippen molar-refractivity contribution in [2.75, 3.05) is 0 Å². The molecular formula is C8H6ClF2NO3. The smallest absolute Gasteiger partial charge is 0.309 e. The number of carboxylic acid groups (broad SMARTS) is 1. The summed E-state index contributed by atoms with van der Waals surface area (Å²) < 4.78 is 24.6. The van der Waals surface area contributed by atoms with E-state index in [1.165, 1.54) is 0 Å². The Morgan fingerprint density at radius 1 is 1.60 bits per heavy atom. The predicted molar refractivity (Wildman–Crippen MR) is 48.4 cm³/mol. The van der Waals surface area contributed by atoms with Crippen LogP contribution in [0, 0.1) is 0 Å². The molecular weight excluding hydrogens is 232 g/mol. The van der Waals surface area contributed by atoms with E-state index in [4.69, 9.17) is 16.7 Å². The quantitative estimate of drug-likeness (QED) is 0.839. The third kappa shape index (κ3) is 2.76. The Bertz CT molecular complexity index is 444. The van der Waals surface area contributed by atoms with Crippen molar-refractivity contribution in [3.05, 3.63) is 32.7 Å². The predicted octanol–water partition coefficient (Wildman–Crippen LogP) is 1.59. The summed E-state index contributed by atoms with van der Waals surface area (Å²) in [6.07, 6.45) is -3.48. The van der Waals surface area contributed by atoms with Crippen LogP contribution in [0.1, 0.15) is 17.8 Å². The van der Waals surface area contributed by atoms with Crippen LogP contribution in [0.4, 0.5) is 8.78 Å². The molecule has 0 amide bonds. The normalized spacial score (nSPS) is 10.7. The number of rotatable bonds is 3. The summed E-state index contributed by atoms with van der Waals surface area (Å²) in [6, 6.07) is 0.891. The number of aromatic nitrogens is 1. The van der Waals surface area contributed by atoms with Gasteiger partial charge in [-0.05, 0) is 0 Å². The molecule has 1 aromatic rings. The Morgan fingerprint density at radius 3 is 2.67 bits per heavy atom. The standard InChI is InChI=1S/C8H6ClF2NO3/c9-6-4(13)1-3(2-5(14)15)12-7(6)8(10)11/h1,8H,2H2,(H,12,13)(H,14,15). The number of hydrogen-bond donors (Lipinski definition) is 2. The van der Waals surface area contributed by atoms with Gasteiger partial charge in [0.15, 0.2) is 0 Å². The molecule has 0 aliphatic carbocycles. The number of H-pyrrole nitrogens is 1. The summed E-state index contributed by atoms with van der Waals surface area (Å²) in [5, 5.41) is 7.80. The van der Waals surface area contributed by atoms with Gasteiger partial charge in [0, 0.05) is 11.8 Å². The Labute approximate surface area is 87.5 Å². The highest BCUT2D eigenvalue weighted by Crippen LogP contribution is 2.22. The molecule has 0 unspecified atom stereocenters. The van der Waals surface area contributed by atoms with E-state index in [2.05, 4.69) is 4.98 Å². The number of carbonyl (C=O) groups is 1. The molecule has 0 aromatic carbocycles. The van der Waals surface area contributed by atoms with Crippen LogP contribution in [0.25, 0.3) is 0 Å². The van der Waals surface area contributed by atoms with Crippen molar-refractivity contribution in [2.24, 2.45) is 0 Å². The summed E-state index contributed by atoms with van der Waals surface area (Å²) in [6.45, 7) is 0. The molecule has 7 heteroatoms. The second-order valence-corrected chi connectivity index (χ2v) is 3.14. The van der Waals surface area contributed by atoms with E-state index in [9.17, 15) is 18.4 Å². The Balaban J connectivity index is 3.23. The molecule has 0 aliphatic heterocycles. The molecule has 0 atom stereocenters. The molecule has 0 saturated carbocycles. The zero-order chi connectivity index (χ0) is 11.6. The Hall–Kier alpha value is -1.43. The minimum absolute atomic E-state index is 0.104. The highest BCUT2D eigenvalue weighted by molar-refractivity contribution is 6.31. The van der Waals surface area contributed by atoms with Gasteiger partial charge >= 0.3 is 5.97 Å². The van der Waals surface area contributed by atoms with Gasteiger partial charge in [-0.1, -0.05) is 11.6 Å². The third-order valence-electron chi connectivity index (χ3n) is 1.61. The number of pyridine rings is 1. The monoisotopic (exact) mass is 237 g/mol. The first-order valence-corrected chi connectivity index (χ1v) is 4.21. The van der Waals surface area contributed by atoms with Crippen LogP contribution < -0.4 is 5.43 Å². The average Bonchev–Trinajstić information content (AvgIpc) is 2.09. The van der Waals surface area contributed by atoms with Crippen LogP contribution in [-0.4, -0.2) is 16.1 Å². The minimum atomic E-state index is -2.95. The first-order valence-electron chi connectivity index (χ1n) is 3.83. The summed E-state index contributed by atoms with van der Waals surface area (Å²) in [5.74, 6) is -1.23. The maximum absolute atomic E-state index is 12.3. The molecule has 2 N–H and O–H groups in total. The van der Waals surface area contributed by atoms with Gasteiger partial charge in [-0.15, -0.1) is 0 Å². The van der Waals surface area contributed by atoms with Gasteiger partial charge in [-0.3, -0.25) is 9.59 Å². The second-order valence-electron chi connectivity index (χ2n) is 2.76. The number of nitrogens with one attached hydrogen (secondary N) is 1. The van der Waals surface area contributed by atoms with Gasteiger partial charge in [0.25, 0.3) is 6.43 Å². The van der Waals surface area contributed by atoms with E-state index in [1.54, 1.807) is 0 Å². The van der Waals surface area contributed by atoms with Crippen LogP contribution in [-0.2, 0) is 11.2 Å². The van der Waals surface area contributed by atoms with Crippen molar-refractivity contribution in [3.8, 4) is 0 Å². The molecule has 82 valence electrons. The number of halogens is 3. The van der Waals surface area contributed by atoms with E-state index in [0.29, 0.717) is 0 Å². The van der Waals surface area contributed by atoms with E-state index < -0.39 is 35.0 Å². The molecule has 0 aliphatic rings. The van der Waals surface area contributed by atoms with Crippen LogP contribution in [0.2, 0.25) is 5.02 Å². The molecule has 1 heterocycles. The first kappa shape index (κ1) is 11.6. The molecule has 0 fully saturated rings. The number of carboxylic acids is 1. The van der Waals surface area contributed by atoms with Gasteiger partial charge in [0.1, 0.15) is 10.7 Å². The topological polar surface area (TPSA) is 70.2 Å². The van der Waals surface area contributed by atoms with Crippen LogP contribution >= 0.6 is 11.6 Å². The lowest BCUT2D eigenvalue weighted by atomic mass is 10.2. The minimum Gasteiger partial charge on any atom is -0.481 e. The maximum Gasteiger partial charge on any atom is 0.309 e. The number of hydrogen-bond acceptors (Lipinski definition) is 2. The zero-order valence-corrected chi connectivity index (χ0v) is 8.02.